The molecule has 2 atom stereocenters. The maximum Gasteiger partial charge on any atom is 0.223 e. The van der Waals surface area contributed by atoms with E-state index in [0.29, 0.717) is 13.1 Å². The standard InChI is InChI=1S/C15H20ClFN2O/c16-13-7-10(5-6-14(13)17)9-19-15(20)12-4-2-1-3-11(12)8-18/h5-7,11-12H,1-4,8-9,18H2,(H,19,20). The van der Waals surface area contributed by atoms with Gasteiger partial charge in [-0.25, -0.2) is 4.39 Å². The molecule has 5 heteroatoms. The summed E-state index contributed by atoms with van der Waals surface area (Å²) < 4.78 is 13.1. The van der Waals surface area contributed by atoms with E-state index < -0.39 is 5.82 Å². The van der Waals surface area contributed by atoms with Gasteiger partial charge in [0.05, 0.1) is 5.02 Å². The van der Waals surface area contributed by atoms with Gasteiger partial charge in [-0.3, -0.25) is 4.79 Å². The molecular weight excluding hydrogens is 279 g/mol. The highest BCUT2D eigenvalue weighted by atomic mass is 35.5. The minimum absolute atomic E-state index is 0.00432. The van der Waals surface area contributed by atoms with Crippen molar-refractivity contribution in [2.24, 2.45) is 17.6 Å². The quantitative estimate of drug-likeness (QED) is 0.898. The summed E-state index contributed by atoms with van der Waals surface area (Å²) in [5.74, 6) is -0.122. The monoisotopic (exact) mass is 298 g/mol. The lowest BCUT2D eigenvalue weighted by Gasteiger charge is -2.29. The lowest BCUT2D eigenvalue weighted by molar-refractivity contribution is -0.127. The summed E-state index contributed by atoms with van der Waals surface area (Å²) in [5, 5.41) is 2.98. The van der Waals surface area contributed by atoms with E-state index in [1.54, 1.807) is 12.1 Å². The molecule has 110 valence electrons. The molecule has 0 aliphatic heterocycles. The topological polar surface area (TPSA) is 55.1 Å². The number of halogens is 2. The van der Waals surface area contributed by atoms with Crippen molar-refractivity contribution in [2.45, 2.75) is 32.2 Å². The van der Waals surface area contributed by atoms with Crippen LogP contribution in [-0.4, -0.2) is 12.5 Å². The van der Waals surface area contributed by atoms with E-state index in [1.807, 2.05) is 0 Å². The van der Waals surface area contributed by atoms with Crippen LogP contribution in [0.4, 0.5) is 4.39 Å². The van der Waals surface area contributed by atoms with Gasteiger partial charge in [0.1, 0.15) is 5.82 Å². The molecule has 20 heavy (non-hydrogen) atoms. The molecule has 0 radical (unpaired) electrons. The molecule has 2 unspecified atom stereocenters. The van der Waals surface area contributed by atoms with Crippen molar-refractivity contribution in [2.75, 3.05) is 6.54 Å². The maximum absolute atomic E-state index is 13.1. The Morgan fingerprint density at radius 1 is 1.40 bits per heavy atom. The SMILES string of the molecule is NCC1CCCCC1C(=O)NCc1ccc(F)c(Cl)c1. The zero-order valence-electron chi connectivity index (χ0n) is 11.4. The second-order valence-corrected chi connectivity index (χ2v) is 5.76. The van der Waals surface area contributed by atoms with Crippen molar-refractivity contribution in [1.29, 1.82) is 0 Å². The molecule has 3 N–H and O–H groups in total. The Hall–Kier alpha value is -1.13. The van der Waals surface area contributed by atoms with Gasteiger partial charge in [-0.1, -0.05) is 30.5 Å². The molecule has 3 nitrogen and oxygen atoms in total. The molecule has 1 saturated carbocycles. The molecule has 1 fully saturated rings. The number of benzene rings is 1. The third-order valence-corrected chi connectivity index (χ3v) is 4.29. The highest BCUT2D eigenvalue weighted by molar-refractivity contribution is 6.30. The smallest absolute Gasteiger partial charge is 0.223 e. The lowest BCUT2D eigenvalue weighted by atomic mass is 9.79. The Morgan fingerprint density at radius 2 is 2.15 bits per heavy atom. The summed E-state index contributed by atoms with van der Waals surface area (Å²) in [4.78, 5) is 12.2. The number of nitrogens with two attached hydrogens (primary N) is 1. The van der Waals surface area contributed by atoms with Crippen LogP contribution in [-0.2, 0) is 11.3 Å². The second-order valence-electron chi connectivity index (χ2n) is 5.35. The van der Waals surface area contributed by atoms with Crippen molar-refractivity contribution < 1.29 is 9.18 Å². The molecule has 0 heterocycles. The van der Waals surface area contributed by atoms with E-state index in [2.05, 4.69) is 5.32 Å². The van der Waals surface area contributed by atoms with Gasteiger partial charge in [0.15, 0.2) is 0 Å². The van der Waals surface area contributed by atoms with Crippen LogP contribution in [0, 0.1) is 17.7 Å². The zero-order chi connectivity index (χ0) is 14.5. The Balaban J connectivity index is 1.92. The number of hydrogen-bond donors (Lipinski definition) is 2. The molecule has 0 bridgehead atoms. The van der Waals surface area contributed by atoms with Crippen molar-refractivity contribution in [3.05, 3.63) is 34.6 Å². The Kier molecular flexibility index (Phi) is 5.38. The van der Waals surface area contributed by atoms with Gasteiger partial charge in [0.25, 0.3) is 0 Å². The first-order chi connectivity index (χ1) is 9.61. The van der Waals surface area contributed by atoms with Crippen molar-refractivity contribution >= 4 is 17.5 Å². The Labute approximate surface area is 123 Å². The molecule has 2 rings (SSSR count). The summed E-state index contributed by atoms with van der Waals surface area (Å²) in [7, 11) is 0. The molecule has 1 aliphatic rings. The molecule has 0 aromatic heterocycles. The maximum atomic E-state index is 13.1. The van der Waals surface area contributed by atoms with Crippen LogP contribution in [0.3, 0.4) is 0 Å². The predicted octanol–water partition coefficient (Wildman–Crippen LogP) is 2.86. The van der Waals surface area contributed by atoms with E-state index in [1.165, 1.54) is 6.07 Å². The van der Waals surface area contributed by atoms with Crippen LogP contribution in [0.25, 0.3) is 0 Å². The Bertz CT molecular complexity index is 481. The summed E-state index contributed by atoms with van der Waals surface area (Å²) >= 11 is 5.72. The third kappa shape index (κ3) is 3.70. The fourth-order valence-electron chi connectivity index (χ4n) is 2.80. The van der Waals surface area contributed by atoms with Crippen molar-refractivity contribution in [3.63, 3.8) is 0 Å². The number of rotatable bonds is 4. The summed E-state index contributed by atoms with van der Waals surface area (Å²) in [6.45, 7) is 0.924. The molecule has 0 saturated heterocycles. The van der Waals surface area contributed by atoms with Crippen LogP contribution in [0.5, 0.6) is 0 Å². The van der Waals surface area contributed by atoms with Gasteiger partial charge < -0.3 is 11.1 Å². The van der Waals surface area contributed by atoms with Gasteiger partial charge >= 0.3 is 0 Å². The van der Waals surface area contributed by atoms with Crippen molar-refractivity contribution in [1.82, 2.24) is 5.32 Å². The average molecular weight is 299 g/mol. The Morgan fingerprint density at radius 3 is 2.85 bits per heavy atom. The molecule has 1 aromatic rings. The number of nitrogens with one attached hydrogen (secondary N) is 1. The molecule has 1 aromatic carbocycles. The first-order valence-corrected chi connectivity index (χ1v) is 7.41. The fraction of sp³-hybridized carbons (Fsp3) is 0.533. The minimum Gasteiger partial charge on any atom is -0.352 e. The molecular formula is C15H20ClFN2O. The van der Waals surface area contributed by atoms with Crippen LogP contribution < -0.4 is 11.1 Å². The van der Waals surface area contributed by atoms with E-state index >= 15 is 0 Å². The van der Waals surface area contributed by atoms with E-state index in [4.69, 9.17) is 17.3 Å². The van der Waals surface area contributed by atoms with Crippen LogP contribution >= 0.6 is 11.6 Å². The molecule has 0 spiro atoms. The summed E-state index contributed by atoms with van der Waals surface area (Å²) in [6, 6.07) is 4.48. The van der Waals surface area contributed by atoms with Crippen LogP contribution in [0.15, 0.2) is 18.2 Å². The lowest BCUT2D eigenvalue weighted by Crippen LogP contribution is -2.39. The summed E-state index contributed by atoms with van der Waals surface area (Å²) in [5.41, 5.74) is 6.53. The highest BCUT2D eigenvalue weighted by Gasteiger charge is 2.29. The molecule has 1 amide bonds. The second kappa shape index (κ2) is 7.04. The normalized spacial score (nSPS) is 22.6. The van der Waals surface area contributed by atoms with E-state index in [-0.39, 0.29) is 22.8 Å². The number of carbonyl (C=O) groups excluding carboxylic acids is 1. The first kappa shape index (κ1) is 15.3. The van der Waals surface area contributed by atoms with Gasteiger partial charge in [-0.15, -0.1) is 0 Å². The van der Waals surface area contributed by atoms with E-state index in [0.717, 1.165) is 31.2 Å². The van der Waals surface area contributed by atoms with Gasteiger partial charge in [0.2, 0.25) is 5.91 Å². The van der Waals surface area contributed by atoms with Crippen molar-refractivity contribution in [3.8, 4) is 0 Å². The summed E-state index contributed by atoms with van der Waals surface area (Å²) in [6.07, 6.45) is 4.16. The first-order valence-electron chi connectivity index (χ1n) is 7.03. The number of carbonyl (C=O) groups is 1. The number of amides is 1. The average Bonchev–Trinajstić information content (AvgIpc) is 2.48. The van der Waals surface area contributed by atoms with Gasteiger partial charge in [-0.2, -0.15) is 0 Å². The minimum atomic E-state index is -0.447. The van der Waals surface area contributed by atoms with Gasteiger partial charge in [0, 0.05) is 12.5 Å². The van der Waals surface area contributed by atoms with Gasteiger partial charge in [-0.05, 0) is 43.0 Å². The van der Waals surface area contributed by atoms with Crippen LogP contribution in [0.2, 0.25) is 5.02 Å². The number of hydrogen-bond acceptors (Lipinski definition) is 2. The van der Waals surface area contributed by atoms with E-state index in [9.17, 15) is 9.18 Å². The molecule has 1 aliphatic carbocycles. The van der Waals surface area contributed by atoms with Crippen LogP contribution in [0.1, 0.15) is 31.2 Å². The predicted molar refractivity (Wildman–Crippen MR) is 77.8 cm³/mol. The largest absolute Gasteiger partial charge is 0.352 e. The highest BCUT2D eigenvalue weighted by Crippen LogP contribution is 2.29. The zero-order valence-corrected chi connectivity index (χ0v) is 12.1. The third-order valence-electron chi connectivity index (χ3n) is 4.00. The fourth-order valence-corrected chi connectivity index (χ4v) is 3.01.